The molecule has 1 fully saturated rings. The maximum absolute atomic E-state index is 6.19. The van der Waals surface area contributed by atoms with Gasteiger partial charge in [0, 0.05) is 18.0 Å². The van der Waals surface area contributed by atoms with Crippen LogP contribution in [0.15, 0.2) is 42.5 Å². The molecule has 0 radical (unpaired) electrons. The third kappa shape index (κ3) is 4.14. The molecule has 0 saturated carbocycles. The highest BCUT2D eigenvalue weighted by Crippen LogP contribution is 2.39. The highest BCUT2D eigenvalue weighted by atomic mass is 35.5. The maximum atomic E-state index is 6.19. The average molecular weight is 395 g/mol. The lowest BCUT2D eigenvalue weighted by Gasteiger charge is -2.27. The molecule has 2 aromatic carbocycles. The van der Waals surface area contributed by atoms with Crippen LogP contribution >= 0.6 is 35.6 Å². The molecular formula is C18H19ClN2O2S2. The van der Waals surface area contributed by atoms with Crippen molar-refractivity contribution in [3.8, 4) is 11.5 Å². The largest absolute Gasteiger partial charge is 0.497 e. The molecule has 1 heterocycles. The van der Waals surface area contributed by atoms with Crippen LogP contribution in [-0.2, 0) is 0 Å². The molecule has 0 bridgehead atoms. The first-order chi connectivity index (χ1) is 12.1. The Labute approximate surface area is 162 Å². The van der Waals surface area contributed by atoms with Gasteiger partial charge in [-0.1, -0.05) is 23.7 Å². The molecule has 1 N–H and O–H groups in total. The van der Waals surface area contributed by atoms with Gasteiger partial charge in [-0.05, 0) is 48.1 Å². The molecule has 2 aromatic rings. The van der Waals surface area contributed by atoms with Crippen molar-refractivity contribution in [3.05, 3.63) is 53.1 Å². The summed E-state index contributed by atoms with van der Waals surface area (Å²) < 4.78 is 10.4. The number of rotatable bonds is 4. The predicted molar refractivity (Wildman–Crippen MR) is 109 cm³/mol. The monoisotopic (exact) mass is 394 g/mol. The van der Waals surface area contributed by atoms with E-state index < -0.39 is 0 Å². The van der Waals surface area contributed by atoms with Gasteiger partial charge in [-0.15, -0.1) is 11.8 Å². The summed E-state index contributed by atoms with van der Waals surface area (Å²) >= 11 is 13.7. The molecule has 0 amide bonds. The van der Waals surface area contributed by atoms with Crippen molar-refractivity contribution in [2.24, 2.45) is 0 Å². The van der Waals surface area contributed by atoms with Crippen molar-refractivity contribution in [1.82, 2.24) is 4.90 Å². The van der Waals surface area contributed by atoms with Crippen molar-refractivity contribution in [3.63, 3.8) is 0 Å². The molecule has 4 nitrogen and oxygen atoms in total. The SMILES string of the molecule is COc1ccc([C@H]2SCCN2C(=S)Nc2ccc(OC)c(Cl)c2)cc1. The summed E-state index contributed by atoms with van der Waals surface area (Å²) in [5.41, 5.74) is 2.06. The highest BCUT2D eigenvalue weighted by molar-refractivity contribution is 7.99. The zero-order valence-electron chi connectivity index (χ0n) is 14.0. The number of nitrogens with one attached hydrogen (secondary N) is 1. The van der Waals surface area contributed by atoms with E-state index in [1.54, 1.807) is 14.2 Å². The molecule has 25 heavy (non-hydrogen) atoms. The van der Waals surface area contributed by atoms with Gasteiger partial charge in [0.2, 0.25) is 0 Å². The Kier molecular flexibility index (Phi) is 5.93. The summed E-state index contributed by atoms with van der Waals surface area (Å²) in [6.07, 6.45) is 0. The minimum Gasteiger partial charge on any atom is -0.497 e. The second kappa shape index (κ2) is 8.17. The zero-order valence-corrected chi connectivity index (χ0v) is 16.4. The lowest BCUT2D eigenvalue weighted by atomic mass is 10.2. The van der Waals surface area contributed by atoms with Gasteiger partial charge in [-0.25, -0.2) is 0 Å². The summed E-state index contributed by atoms with van der Waals surface area (Å²) in [7, 11) is 3.27. The number of hydrogen-bond donors (Lipinski definition) is 1. The van der Waals surface area contributed by atoms with Gasteiger partial charge in [0.05, 0.1) is 19.2 Å². The summed E-state index contributed by atoms with van der Waals surface area (Å²) in [5.74, 6) is 2.53. The van der Waals surface area contributed by atoms with Crippen LogP contribution in [0, 0.1) is 0 Å². The van der Waals surface area contributed by atoms with Crippen LogP contribution in [0.1, 0.15) is 10.9 Å². The number of nitrogens with zero attached hydrogens (tertiary/aromatic N) is 1. The van der Waals surface area contributed by atoms with Crippen LogP contribution in [0.3, 0.4) is 0 Å². The van der Waals surface area contributed by atoms with Gasteiger partial charge in [0.25, 0.3) is 0 Å². The molecule has 1 aliphatic rings. The summed E-state index contributed by atoms with van der Waals surface area (Å²) in [6, 6.07) is 13.7. The number of ether oxygens (including phenoxy) is 2. The molecule has 1 atom stereocenters. The second-order valence-corrected chi connectivity index (χ2v) is 7.45. The van der Waals surface area contributed by atoms with Gasteiger partial charge in [-0.2, -0.15) is 0 Å². The fourth-order valence-electron chi connectivity index (χ4n) is 2.66. The van der Waals surface area contributed by atoms with Gasteiger partial charge < -0.3 is 19.7 Å². The van der Waals surface area contributed by atoms with Crippen LogP contribution in [0.25, 0.3) is 0 Å². The van der Waals surface area contributed by atoms with Crippen LogP contribution in [0.2, 0.25) is 5.02 Å². The molecular weight excluding hydrogens is 376 g/mol. The number of thioether (sulfide) groups is 1. The molecule has 0 spiro atoms. The molecule has 132 valence electrons. The van der Waals surface area contributed by atoms with E-state index in [0.717, 1.165) is 23.7 Å². The molecule has 1 saturated heterocycles. The minimum absolute atomic E-state index is 0.194. The quantitative estimate of drug-likeness (QED) is 0.750. The Morgan fingerprint density at radius 2 is 1.96 bits per heavy atom. The maximum Gasteiger partial charge on any atom is 0.174 e. The van der Waals surface area contributed by atoms with E-state index in [4.69, 9.17) is 33.3 Å². The normalized spacial score (nSPS) is 16.6. The van der Waals surface area contributed by atoms with Gasteiger partial charge in [0.1, 0.15) is 16.9 Å². The smallest absolute Gasteiger partial charge is 0.174 e. The van der Waals surface area contributed by atoms with Crippen LogP contribution < -0.4 is 14.8 Å². The topological polar surface area (TPSA) is 33.7 Å². The Balaban J connectivity index is 1.72. The second-order valence-electron chi connectivity index (χ2n) is 5.47. The van der Waals surface area contributed by atoms with Crippen LogP contribution in [0.5, 0.6) is 11.5 Å². The molecule has 7 heteroatoms. The molecule has 0 unspecified atom stereocenters. The van der Waals surface area contributed by atoms with Crippen LogP contribution in [0.4, 0.5) is 5.69 Å². The van der Waals surface area contributed by atoms with Crippen LogP contribution in [-0.4, -0.2) is 36.5 Å². The lowest BCUT2D eigenvalue weighted by Crippen LogP contribution is -2.34. The first-order valence-electron chi connectivity index (χ1n) is 7.79. The number of benzene rings is 2. The minimum atomic E-state index is 0.194. The van der Waals surface area contributed by atoms with E-state index in [1.807, 2.05) is 42.1 Å². The van der Waals surface area contributed by atoms with E-state index >= 15 is 0 Å². The van der Waals surface area contributed by atoms with E-state index in [0.29, 0.717) is 15.9 Å². The molecule has 0 aliphatic carbocycles. The Morgan fingerprint density at radius 1 is 1.20 bits per heavy atom. The van der Waals surface area contributed by atoms with Crippen molar-refractivity contribution < 1.29 is 9.47 Å². The Hall–Kier alpha value is -1.63. The highest BCUT2D eigenvalue weighted by Gasteiger charge is 2.28. The summed E-state index contributed by atoms with van der Waals surface area (Å²) in [4.78, 5) is 2.19. The molecule has 1 aliphatic heterocycles. The van der Waals surface area contributed by atoms with E-state index in [9.17, 15) is 0 Å². The van der Waals surface area contributed by atoms with Crippen molar-refractivity contribution in [1.29, 1.82) is 0 Å². The Bertz CT molecular complexity index is 755. The lowest BCUT2D eigenvalue weighted by molar-refractivity contribution is 0.413. The van der Waals surface area contributed by atoms with E-state index in [2.05, 4.69) is 22.3 Å². The number of methoxy groups -OCH3 is 2. The third-order valence-electron chi connectivity index (χ3n) is 3.96. The standard InChI is InChI=1S/C18H19ClN2O2S2/c1-22-14-6-3-12(4-7-14)17-21(9-10-25-17)18(24)20-13-5-8-16(23-2)15(19)11-13/h3-8,11,17H,9-10H2,1-2H3,(H,20,24)/t17-/m1/s1. The van der Waals surface area contributed by atoms with Gasteiger partial charge in [0.15, 0.2) is 5.11 Å². The van der Waals surface area contributed by atoms with Crippen molar-refractivity contribution in [2.75, 3.05) is 31.8 Å². The number of anilines is 1. The van der Waals surface area contributed by atoms with Crippen molar-refractivity contribution >= 4 is 46.4 Å². The van der Waals surface area contributed by atoms with Gasteiger partial charge >= 0.3 is 0 Å². The fraction of sp³-hybridized carbons (Fsp3) is 0.278. The molecule has 0 aromatic heterocycles. The zero-order chi connectivity index (χ0) is 17.8. The number of hydrogen-bond acceptors (Lipinski definition) is 4. The summed E-state index contributed by atoms with van der Waals surface area (Å²) in [5, 5.41) is 4.71. The predicted octanol–water partition coefficient (Wildman–Crippen LogP) is 4.80. The Morgan fingerprint density at radius 3 is 2.60 bits per heavy atom. The van der Waals surface area contributed by atoms with E-state index in [-0.39, 0.29) is 5.37 Å². The first-order valence-corrected chi connectivity index (χ1v) is 9.62. The summed E-state index contributed by atoms with van der Waals surface area (Å²) in [6.45, 7) is 0.900. The average Bonchev–Trinajstić information content (AvgIpc) is 3.12. The number of halogens is 1. The first kappa shape index (κ1) is 18.2. The fourth-order valence-corrected chi connectivity index (χ4v) is 4.57. The number of thiocarbonyl (C=S) groups is 1. The molecule has 3 rings (SSSR count). The third-order valence-corrected chi connectivity index (χ3v) is 5.85. The van der Waals surface area contributed by atoms with Crippen molar-refractivity contribution in [2.45, 2.75) is 5.37 Å². The van der Waals surface area contributed by atoms with E-state index in [1.165, 1.54) is 5.56 Å². The van der Waals surface area contributed by atoms with Gasteiger partial charge in [-0.3, -0.25) is 0 Å².